The Kier molecular flexibility index (Phi) is 5.09. The number of aliphatic hydroxyl groups excluding tert-OH is 1. The molecule has 0 aliphatic rings. The molecule has 0 saturated heterocycles. The standard InChI is InChI=1S/C9H10N2O.ClH/c10-5-7-3-1-2-4-8(7)9(12)6-11;/h1-4,9,12H,6,11H2;1H. The third-order valence-electron chi connectivity index (χ3n) is 1.66. The molecule has 0 heterocycles. The molecule has 0 aromatic heterocycles. The fourth-order valence-electron chi connectivity index (χ4n) is 1.02. The second-order valence-electron chi connectivity index (χ2n) is 2.45. The molecular weight excluding hydrogens is 188 g/mol. The molecule has 0 amide bonds. The highest BCUT2D eigenvalue weighted by Crippen LogP contribution is 2.15. The van der Waals surface area contributed by atoms with Crippen molar-refractivity contribution in [1.82, 2.24) is 0 Å². The molecule has 1 aromatic rings. The van der Waals surface area contributed by atoms with E-state index in [9.17, 15) is 5.11 Å². The molecule has 4 heteroatoms. The minimum atomic E-state index is -0.735. The molecule has 0 radical (unpaired) electrons. The number of nitrogens with zero attached hydrogens (tertiary/aromatic N) is 1. The zero-order valence-corrected chi connectivity index (χ0v) is 7.79. The van der Waals surface area contributed by atoms with Crippen molar-refractivity contribution in [3.8, 4) is 6.07 Å². The van der Waals surface area contributed by atoms with Crippen LogP contribution in [-0.4, -0.2) is 11.7 Å². The van der Waals surface area contributed by atoms with Crippen LogP contribution in [-0.2, 0) is 0 Å². The van der Waals surface area contributed by atoms with E-state index in [1.54, 1.807) is 24.3 Å². The third kappa shape index (κ3) is 2.71. The van der Waals surface area contributed by atoms with Gasteiger partial charge in [-0.1, -0.05) is 18.2 Å². The summed E-state index contributed by atoms with van der Waals surface area (Å²) in [5.41, 5.74) is 6.35. The third-order valence-corrected chi connectivity index (χ3v) is 1.66. The van der Waals surface area contributed by atoms with E-state index >= 15 is 0 Å². The van der Waals surface area contributed by atoms with E-state index in [-0.39, 0.29) is 19.0 Å². The second kappa shape index (κ2) is 5.55. The maximum atomic E-state index is 9.37. The van der Waals surface area contributed by atoms with Crippen LogP contribution in [0.3, 0.4) is 0 Å². The second-order valence-corrected chi connectivity index (χ2v) is 2.45. The minimum absolute atomic E-state index is 0. The molecule has 1 rings (SSSR count). The number of hydrogen-bond donors (Lipinski definition) is 2. The first-order chi connectivity index (χ1) is 5.79. The van der Waals surface area contributed by atoms with E-state index in [1.807, 2.05) is 6.07 Å². The lowest BCUT2D eigenvalue weighted by Gasteiger charge is -2.08. The van der Waals surface area contributed by atoms with Gasteiger partial charge in [0.15, 0.2) is 0 Å². The molecule has 0 spiro atoms. The van der Waals surface area contributed by atoms with Gasteiger partial charge in [-0.25, -0.2) is 0 Å². The SMILES string of the molecule is Cl.N#Cc1ccccc1C(O)CN. The molecule has 3 N–H and O–H groups in total. The lowest BCUT2D eigenvalue weighted by atomic mass is 10.0. The summed E-state index contributed by atoms with van der Waals surface area (Å²) in [6.45, 7) is 0.138. The van der Waals surface area contributed by atoms with Crippen LogP contribution in [0.15, 0.2) is 24.3 Å². The first-order valence-electron chi connectivity index (χ1n) is 3.66. The normalized spacial score (nSPS) is 11.2. The Morgan fingerprint density at radius 2 is 2.08 bits per heavy atom. The Labute approximate surface area is 83.2 Å². The van der Waals surface area contributed by atoms with Gasteiger partial charge in [0.2, 0.25) is 0 Å². The average molecular weight is 199 g/mol. The smallest absolute Gasteiger partial charge is 0.0995 e. The Bertz CT molecular complexity index is 309. The molecule has 0 fully saturated rings. The summed E-state index contributed by atoms with van der Waals surface area (Å²) in [5, 5.41) is 18.0. The van der Waals surface area contributed by atoms with Gasteiger partial charge in [0.1, 0.15) is 0 Å². The highest BCUT2D eigenvalue weighted by Gasteiger charge is 2.08. The lowest BCUT2D eigenvalue weighted by molar-refractivity contribution is 0.186. The molecular formula is C9H11ClN2O. The molecule has 0 aliphatic carbocycles. The summed E-state index contributed by atoms with van der Waals surface area (Å²) in [6.07, 6.45) is -0.735. The zero-order valence-electron chi connectivity index (χ0n) is 6.97. The molecule has 13 heavy (non-hydrogen) atoms. The van der Waals surface area contributed by atoms with E-state index in [4.69, 9.17) is 11.0 Å². The Morgan fingerprint density at radius 3 is 2.62 bits per heavy atom. The first kappa shape index (κ1) is 11.9. The monoisotopic (exact) mass is 198 g/mol. The van der Waals surface area contributed by atoms with Crippen LogP contribution in [0.25, 0.3) is 0 Å². The fourth-order valence-corrected chi connectivity index (χ4v) is 1.02. The maximum Gasteiger partial charge on any atom is 0.0995 e. The van der Waals surface area contributed by atoms with Crippen molar-refractivity contribution in [2.75, 3.05) is 6.54 Å². The maximum absolute atomic E-state index is 9.37. The number of nitriles is 1. The van der Waals surface area contributed by atoms with Crippen molar-refractivity contribution in [1.29, 1.82) is 5.26 Å². The largest absolute Gasteiger partial charge is 0.387 e. The van der Waals surface area contributed by atoms with Crippen molar-refractivity contribution in [3.63, 3.8) is 0 Å². The van der Waals surface area contributed by atoms with Crippen LogP contribution in [0.4, 0.5) is 0 Å². The van der Waals surface area contributed by atoms with Crippen LogP contribution >= 0.6 is 12.4 Å². The van der Waals surface area contributed by atoms with Crippen LogP contribution in [0.2, 0.25) is 0 Å². The first-order valence-corrected chi connectivity index (χ1v) is 3.66. The summed E-state index contributed by atoms with van der Waals surface area (Å²) in [7, 11) is 0. The number of aliphatic hydroxyl groups is 1. The van der Waals surface area contributed by atoms with E-state index in [1.165, 1.54) is 0 Å². The Hall–Kier alpha value is -1.08. The molecule has 1 unspecified atom stereocenters. The van der Waals surface area contributed by atoms with Crippen molar-refractivity contribution in [2.24, 2.45) is 5.73 Å². The van der Waals surface area contributed by atoms with Gasteiger partial charge in [-0.3, -0.25) is 0 Å². The van der Waals surface area contributed by atoms with Crippen molar-refractivity contribution in [3.05, 3.63) is 35.4 Å². The van der Waals surface area contributed by atoms with Crippen molar-refractivity contribution >= 4 is 12.4 Å². The van der Waals surface area contributed by atoms with E-state index in [0.717, 1.165) is 0 Å². The van der Waals surface area contributed by atoms with Gasteiger partial charge in [-0.15, -0.1) is 12.4 Å². The topological polar surface area (TPSA) is 70.0 Å². The van der Waals surface area contributed by atoms with Gasteiger partial charge >= 0.3 is 0 Å². The fraction of sp³-hybridized carbons (Fsp3) is 0.222. The highest BCUT2D eigenvalue weighted by atomic mass is 35.5. The molecule has 70 valence electrons. The highest BCUT2D eigenvalue weighted by molar-refractivity contribution is 5.85. The van der Waals surface area contributed by atoms with Crippen molar-refractivity contribution in [2.45, 2.75) is 6.10 Å². The Balaban J connectivity index is 0.00000144. The number of benzene rings is 1. The van der Waals surface area contributed by atoms with Gasteiger partial charge in [0, 0.05) is 6.54 Å². The van der Waals surface area contributed by atoms with E-state index < -0.39 is 6.10 Å². The van der Waals surface area contributed by atoms with Gasteiger partial charge in [0.25, 0.3) is 0 Å². The predicted molar refractivity (Wildman–Crippen MR) is 52.4 cm³/mol. The summed E-state index contributed by atoms with van der Waals surface area (Å²) < 4.78 is 0. The molecule has 1 aromatic carbocycles. The minimum Gasteiger partial charge on any atom is -0.387 e. The van der Waals surface area contributed by atoms with Crippen LogP contribution in [0.5, 0.6) is 0 Å². The van der Waals surface area contributed by atoms with Crippen LogP contribution in [0.1, 0.15) is 17.2 Å². The summed E-state index contributed by atoms with van der Waals surface area (Å²) in [5.74, 6) is 0. The number of rotatable bonds is 2. The average Bonchev–Trinajstić information content (AvgIpc) is 2.16. The van der Waals surface area contributed by atoms with Crippen molar-refractivity contribution < 1.29 is 5.11 Å². The summed E-state index contributed by atoms with van der Waals surface area (Å²) in [6, 6.07) is 8.89. The molecule has 0 aliphatic heterocycles. The molecule has 0 bridgehead atoms. The summed E-state index contributed by atoms with van der Waals surface area (Å²) in [4.78, 5) is 0. The van der Waals surface area contributed by atoms with Gasteiger partial charge in [-0.05, 0) is 11.6 Å². The molecule has 1 atom stereocenters. The van der Waals surface area contributed by atoms with Gasteiger partial charge in [-0.2, -0.15) is 5.26 Å². The van der Waals surface area contributed by atoms with Crippen LogP contribution in [0, 0.1) is 11.3 Å². The number of hydrogen-bond acceptors (Lipinski definition) is 3. The zero-order chi connectivity index (χ0) is 8.97. The number of halogens is 1. The molecule has 0 saturated carbocycles. The van der Waals surface area contributed by atoms with Crippen LogP contribution < -0.4 is 5.73 Å². The summed E-state index contributed by atoms with van der Waals surface area (Å²) >= 11 is 0. The lowest BCUT2D eigenvalue weighted by Crippen LogP contribution is -2.12. The number of nitrogens with two attached hydrogens (primary N) is 1. The predicted octanol–water partition coefficient (Wildman–Crippen LogP) is 0.972. The van der Waals surface area contributed by atoms with E-state index in [0.29, 0.717) is 11.1 Å². The van der Waals surface area contributed by atoms with Gasteiger partial charge < -0.3 is 10.8 Å². The molecule has 3 nitrogen and oxygen atoms in total. The quantitative estimate of drug-likeness (QED) is 0.744. The Morgan fingerprint density at radius 1 is 1.46 bits per heavy atom. The van der Waals surface area contributed by atoms with E-state index in [2.05, 4.69) is 0 Å². The van der Waals surface area contributed by atoms with Gasteiger partial charge in [0.05, 0.1) is 17.7 Å².